The van der Waals surface area contributed by atoms with Crippen LogP contribution in [0.2, 0.25) is 0 Å². The molecule has 0 aliphatic carbocycles. The number of hydrogen-bond acceptors (Lipinski definition) is 3. The molecule has 1 N–H and O–H groups in total. The summed E-state index contributed by atoms with van der Waals surface area (Å²) in [6, 6.07) is 2.20. The van der Waals surface area contributed by atoms with Crippen LogP contribution >= 0.6 is 0 Å². The second-order valence-corrected chi connectivity index (χ2v) is 5.30. The SMILES string of the molecule is CC(C)N1CC2CC(C1)N2Cc1ncc[nH]1. The van der Waals surface area contributed by atoms with Gasteiger partial charge < -0.3 is 4.98 Å². The number of nitrogens with one attached hydrogen (secondary N) is 1. The maximum atomic E-state index is 4.31. The molecule has 0 radical (unpaired) electrons. The summed E-state index contributed by atoms with van der Waals surface area (Å²) in [4.78, 5) is 12.7. The molecule has 2 atom stereocenters. The molecule has 3 aliphatic heterocycles. The van der Waals surface area contributed by atoms with Gasteiger partial charge in [0.25, 0.3) is 0 Å². The second kappa shape index (κ2) is 3.86. The van der Waals surface area contributed by atoms with Crippen molar-refractivity contribution in [2.24, 2.45) is 0 Å². The minimum absolute atomic E-state index is 0.691. The average molecular weight is 220 g/mol. The molecule has 3 fully saturated rings. The Labute approximate surface area is 96.7 Å². The number of imidazole rings is 1. The summed E-state index contributed by atoms with van der Waals surface area (Å²) >= 11 is 0. The summed E-state index contributed by atoms with van der Waals surface area (Å²) < 4.78 is 0. The minimum Gasteiger partial charge on any atom is -0.348 e. The van der Waals surface area contributed by atoms with Gasteiger partial charge in [-0.1, -0.05) is 0 Å². The Morgan fingerprint density at radius 3 is 2.75 bits per heavy atom. The number of aromatic nitrogens is 2. The van der Waals surface area contributed by atoms with E-state index in [1.165, 1.54) is 19.5 Å². The van der Waals surface area contributed by atoms with Gasteiger partial charge in [-0.2, -0.15) is 0 Å². The fourth-order valence-electron chi connectivity index (χ4n) is 2.96. The van der Waals surface area contributed by atoms with Crippen LogP contribution in [0.3, 0.4) is 0 Å². The predicted molar refractivity (Wildman–Crippen MR) is 63.0 cm³/mol. The van der Waals surface area contributed by atoms with Crippen LogP contribution in [-0.2, 0) is 6.54 Å². The number of fused-ring (bicyclic) bond motifs is 2. The average Bonchev–Trinajstić information content (AvgIpc) is 2.78. The van der Waals surface area contributed by atoms with Crippen molar-refractivity contribution in [3.05, 3.63) is 18.2 Å². The van der Waals surface area contributed by atoms with Crippen molar-refractivity contribution in [1.29, 1.82) is 0 Å². The highest BCUT2D eigenvalue weighted by molar-refractivity contribution is 5.03. The Morgan fingerprint density at radius 2 is 2.19 bits per heavy atom. The predicted octanol–water partition coefficient (Wildman–Crippen LogP) is 1.08. The van der Waals surface area contributed by atoms with Gasteiger partial charge in [-0.25, -0.2) is 4.98 Å². The summed E-state index contributed by atoms with van der Waals surface area (Å²) in [6.07, 6.45) is 5.13. The van der Waals surface area contributed by atoms with Crippen molar-refractivity contribution in [3.8, 4) is 0 Å². The van der Waals surface area contributed by atoms with Gasteiger partial charge in [0, 0.05) is 43.6 Å². The summed E-state index contributed by atoms with van der Waals surface area (Å²) in [6.45, 7) is 8.04. The van der Waals surface area contributed by atoms with Gasteiger partial charge in [-0.3, -0.25) is 9.80 Å². The van der Waals surface area contributed by atoms with Crippen LogP contribution in [0.15, 0.2) is 12.4 Å². The highest BCUT2D eigenvalue weighted by Gasteiger charge is 2.44. The molecular formula is C12H20N4. The van der Waals surface area contributed by atoms with E-state index in [1.54, 1.807) is 0 Å². The molecule has 2 bridgehead atoms. The lowest BCUT2D eigenvalue weighted by atomic mass is 9.86. The molecule has 0 saturated carbocycles. The van der Waals surface area contributed by atoms with E-state index in [1.807, 2.05) is 12.4 Å². The highest BCUT2D eigenvalue weighted by Crippen LogP contribution is 2.33. The molecule has 4 rings (SSSR count). The molecule has 4 heterocycles. The molecule has 4 nitrogen and oxygen atoms in total. The lowest BCUT2D eigenvalue weighted by Gasteiger charge is -2.57. The third-order valence-corrected chi connectivity index (χ3v) is 3.99. The number of piperazine rings is 1. The number of nitrogens with zero attached hydrogens (tertiary/aromatic N) is 3. The van der Waals surface area contributed by atoms with E-state index in [4.69, 9.17) is 0 Å². The number of rotatable bonds is 3. The Kier molecular flexibility index (Phi) is 2.48. The van der Waals surface area contributed by atoms with Crippen LogP contribution in [0.1, 0.15) is 26.1 Å². The van der Waals surface area contributed by atoms with Gasteiger partial charge >= 0.3 is 0 Å². The highest BCUT2D eigenvalue weighted by atomic mass is 15.4. The van der Waals surface area contributed by atoms with Crippen LogP contribution in [0.5, 0.6) is 0 Å². The molecule has 3 aliphatic rings. The zero-order chi connectivity index (χ0) is 11.1. The van der Waals surface area contributed by atoms with Crippen molar-refractivity contribution in [3.63, 3.8) is 0 Å². The van der Waals surface area contributed by atoms with Crippen LogP contribution < -0.4 is 0 Å². The van der Waals surface area contributed by atoms with E-state index >= 15 is 0 Å². The van der Waals surface area contributed by atoms with Gasteiger partial charge in [-0.05, 0) is 20.3 Å². The van der Waals surface area contributed by atoms with Crippen molar-refractivity contribution >= 4 is 0 Å². The fraction of sp³-hybridized carbons (Fsp3) is 0.750. The Balaban J connectivity index is 1.61. The quantitative estimate of drug-likeness (QED) is 0.828. The van der Waals surface area contributed by atoms with Gasteiger partial charge in [0.15, 0.2) is 0 Å². The first kappa shape index (κ1) is 10.3. The summed E-state index contributed by atoms with van der Waals surface area (Å²) in [5.41, 5.74) is 0. The number of hydrogen-bond donors (Lipinski definition) is 1. The first-order valence-corrected chi connectivity index (χ1v) is 6.22. The van der Waals surface area contributed by atoms with Crippen LogP contribution in [-0.4, -0.2) is 51.0 Å². The van der Waals surface area contributed by atoms with Crippen LogP contribution in [0, 0.1) is 0 Å². The number of H-pyrrole nitrogens is 1. The number of piperidine rings is 1. The van der Waals surface area contributed by atoms with Crippen molar-refractivity contribution in [2.75, 3.05) is 13.1 Å². The first-order chi connectivity index (χ1) is 7.74. The van der Waals surface area contributed by atoms with E-state index < -0.39 is 0 Å². The Hall–Kier alpha value is -0.870. The number of aromatic amines is 1. The third-order valence-electron chi connectivity index (χ3n) is 3.99. The first-order valence-electron chi connectivity index (χ1n) is 6.22. The van der Waals surface area contributed by atoms with Gasteiger partial charge in [0.05, 0.1) is 6.54 Å². The van der Waals surface area contributed by atoms with Crippen molar-refractivity contribution in [2.45, 2.75) is 44.9 Å². The molecule has 1 aromatic heterocycles. The molecule has 2 unspecified atom stereocenters. The lowest BCUT2D eigenvalue weighted by molar-refractivity contribution is -0.0846. The standard InChI is InChI=1S/C12H20N4/c1-9(2)15-6-10-5-11(7-15)16(10)8-12-13-3-4-14-12/h3-4,9-11H,5-8H2,1-2H3,(H,13,14). The monoisotopic (exact) mass is 220 g/mol. The van der Waals surface area contributed by atoms with Crippen molar-refractivity contribution in [1.82, 2.24) is 19.8 Å². The van der Waals surface area contributed by atoms with Crippen LogP contribution in [0.4, 0.5) is 0 Å². The smallest absolute Gasteiger partial charge is 0.120 e. The van der Waals surface area contributed by atoms with Gasteiger partial charge in [0.2, 0.25) is 0 Å². The molecule has 88 valence electrons. The maximum absolute atomic E-state index is 4.31. The molecule has 16 heavy (non-hydrogen) atoms. The zero-order valence-corrected chi connectivity index (χ0v) is 10.1. The largest absolute Gasteiger partial charge is 0.348 e. The van der Waals surface area contributed by atoms with Gasteiger partial charge in [-0.15, -0.1) is 0 Å². The lowest BCUT2D eigenvalue weighted by Crippen LogP contribution is -2.68. The Morgan fingerprint density at radius 1 is 1.44 bits per heavy atom. The molecule has 0 amide bonds. The van der Waals surface area contributed by atoms with E-state index in [9.17, 15) is 0 Å². The van der Waals surface area contributed by atoms with Crippen molar-refractivity contribution < 1.29 is 0 Å². The molecule has 1 aromatic rings. The molecular weight excluding hydrogens is 200 g/mol. The minimum atomic E-state index is 0.691. The van der Waals surface area contributed by atoms with E-state index in [2.05, 4.69) is 33.6 Å². The summed E-state index contributed by atoms with van der Waals surface area (Å²) in [5, 5.41) is 0. The topological polar surface area (TPSA) is 35.2 Å². The van der Waals surface area contributed by atoms with E-state index in [0.717, 1.165) is 24.5 Å². The van der Waals surface area contributed by atoms with E-state index in [-0.39, 0.29) is 0 Å². The fourth-order valence-corrected chi connectivity index (χ4v) is 2.96. The normalized spacial score (nSPS) is 30.7. The van der Waals surface area contributed by atoms with E-state index in [0.29, 0.717) is 6.04 Å². The summed E-state index contributed by atoms with van der Waals surface area (Å²) in [5.74, 6) is 1.10. The molecule has 0 aromatic carbocycles. The molecule has 3 saturated heterocycles. The Bertz CT molecular complexity index is 334. The third kappa shape index (κ3) is 1.66. The van der Waals surface area contributed by atoms with Gasteiger partial charge in [0.1, 0.15) is 5.82 Å². The van der Waals surface area contributed by atoms with Crippen LogP contribution in [0.25, 0.3) is 0 Å². The zero-order valence-electron chi connectivity index (χ0n) is 10.1. The maximum Gasteiger partial charge on any atom is 0.120 e. The second-order valence-electron chi connectivity index (χ2n) is 5.30. The summed E-state index contributed by atoms with van der Waals surface area (Å²) in [7, 11) is 0. The molecule has 4 heteroatoms. The molecule has 0 spiro atoms.